The Morgan fingerprint density at radius 2 is 2.00 bits per heavy atom. The molecule has 0 saturated heterocycles. The molecule has 1 aromatic carbocycles. The number of fused-ring (bicyclic) bond motifs is 1. The summed E-state index contributed by atoms with van der Waals surface area (Å²) in [5.74, 6) is 1.75. The van der Waals surface area contributed by atoms with Crippen LogP contribution in [0.15, 0.2) is 24.3 Å². The molecule has 1 unspecified atom stereocenters. The summed E-state index contributed by atoms with van der Waals surface area (Å²) in [6, 6.07) is 7.86. The summed E-state index contributed by atoms with van der Waals surface area (Å²) >= 11 is 5.96. The first-order valence-electron chi connectivity index (χ1n) is 6.57. The highest BCUT2D eigenvalue weighted by Crippen LogP contribution is 2.34. The van der Waals surface area contributed by atoms with Crippen LogP contribution in [0.1, 0.15) is 28.6 Å². The van der Waals surface area contributed by atoms with Crippen molar-refractivity contribution in [2.75, 3.05) is 19.0 Å². The molecule has 5 heteroatoms. The lowest BCUT2D eigenvalue weighted by Gasteiger charge is -2.26. The summed E-state index contributed by atoms with van der Waals surface area (Å²) in [6.45, 7) is 3.10. The number of nitrogens with zero attached hydrogens (tertiary/aromatic N) is 2. The highest BCUT2D eigenvalue weighted by molar-refractivity contribution is 6.30. The third kappa shape index (κ3) is 2.37. The molecule has 1 aliphatic rings. The minimum atomic E-state index is 0.129. The Hall–Kier alpha value is -1.65. The highest BCUT2D eigenvalue weighted by atomic mass is 35.5. The molecule has 1 aliphatic heterocycles. The van der Waals surface area contributed by atoms with Crippen LogP contribution in [0, 0.1) is 6.92 Å². The van der Waals surface area contributed by atoms with Crippen molar-refractivity contribution in [1.29, 1.82) is 0 Å². The second kappa shape index (κ2) is 5.38. The van der Waals surface area contributed by atoms with Gasteiger partial charge in [-0.25, -0.2) is 9.97 Å². The molecule has 0 saturated carbocycles. The van der Waals surface area contributed by atoms with Gasteiger partial charge in [-0.1, -0.05) is 23.7 Å². The van der Waals surface area contributed by atoms with Crippen molar-refractivity contribution < 1.29 is 4.74 Å². The molecule has 0 radical (unpaired) electrons. The molecule has 4 nitrogen and oxygen atoms in total. The molecule has 104 valence electrons. The second-order valence-electron chi connectivity index (χ2n) is 4.85. The Kier molecular flexibility index (Phi) is 3.59. The Bertz CT molecular complexity index is 628. The van der Waals surface area contributed by atoms with E-state index in [-0.39, 0.29) is 5.92 Å². The number of ether oxygens (including phenoxy) is 1. The molecule has 0 fully saturated rings. The first kappa shape index (κ1) is 13.3. The number of aryl methyl sites for hydroxylation is 1. The predicted molar refractivity (Wildman–Crippen MR) is 79.3 cm³/mol. The van der Waals surface area contributed by atoms with Gasteiger partial charge in [-0.15, -0.1) is 0 Å². The topological polar surface area (TPSA) is 47.0 Å². The average Bonchev–Trinajstić information content (AvgIpc) is 2.46. The van der Waals surface area contributed by atoms with Crippen molar-refractivity contribution in [2.45, 2.75) is 19.4 Å². The number of anilines is 1. The first-order valence-corrected chi connectivity index (χ1v) is 6.95. The fraction of sp³-hybridized carbons (Fsp3) is 0.333. The summed E-state index contributed by atoms with van der Waals surface area (Å²) in [5.41, 5.74) is 3.26. The SMILES string of the molecule is CNc1nc(C)nc2c1COCC2c1ccc(Cl)cc1. The lowest BCUT2D eigenvalue weighted by molar-refractivity contribution is 0.0977. The predicted octanol–water partition coefficient (Wildman–Crippen LogP) is 3.14. The van der Waals surface area contributed by atoms with Crippen LogP contribution in [0.4, 0.5) is 5.82 Å². The molecule has 1 atom stereocenters. The summed E-state index contributed by atoms with van der Waals surface area (Å²) in [5, 5.41) is 3.86. The van der Waals surface area contributed by atoms with E-state index in [1.54, 1.807) is 0 Å². The van der Waals surface area contributed by atoms with Gasteiger partial charge in [-0.3, -0.25) is 0 Å². The van der Waals surface area contributed by atoms with Gasteiger partial charge in [0, 0.05) is 17.6 Å². The van der Waals surface area contributed by atoms with Crippen LogP contribution in [0.2, 0.25) is 5.02 Å². The minimum absolute atomic E-state index is 0.129. The molecule has 20 heavy (non-hydrogen) atoms. The van der Waals surface area contributed by atoms with Gasteiger partial charge in [0.15, 0.2) is 0 Å². The fourth-order valence-corrected chi connectivity index (χ4v) is 2.69. The summed E-state index contributed by atoms with van der Waals surface area (Å²) in [4.78, 5) is 9.06. The number of hydrogen-bond donors (Lipinski definition) is 1. The van der Waals surface area contributed by atoms with E-state index in [1.807, 2.05) is 38.2 Å². The molecule has 0 spiro atoms. The standard InChI is InChI=1S/C15H16ClN3O/c1-9-18-14-12(10-3-5-11(16)6-4-10)7-20-8-13(14)15(17-2)19-9/h3-6,12H,7-8H2,1-2H3,(H,17,18,19). The molecule has 0 amide bonds. The van der Waals surface area contributed by atoms with Crippen molar-refractivity contribution in [2.24, 2.45) is 0 Å². The molecular formula is C15H16ClN3O. The number of hydrogen-bond acceptors (Lipinski definition) is 4. The molecule has 2 heterocycles. The highest BCUT2D eigenvalue weighted by Gasteiger charge is 2.27. The van der Waals surface area contributed by atoms with E-state index in [2.05, 4.69) is 15.3 Å². The largest absolute Gasteiger partial charge is 0.376 e. The van der Waals surface area contributed by atoms with Crippen molar-refractivity contribution in [3.8, 4) is 0 Å². The summed E-state index contributed by atoms with van der Waals surface area (Å²) < 4.78 is 5.72. The summed E-state index contributed by atoms with van der Waals surface area (Å²) in [6.07, 6.45) is 0. The van der Waals surface area contributed by atoms with Crippen LogP contribution in [-0.2, 0) is 11.3 Å². The number of benzene rings is 1. The Labute approximate surface area is 123 Å². The quantitative estimate of drug-likeness (QED) is 0.923. The van der Waals surface area contributed by atoms with E-state index < -0.39 is 0 Å². The second-order valence-corrected chi connectivity index (χ2v) is 5.29. The zero-order valence-corrected chi connectivity index (χ0v) is 12.2. The molecule has 1 N–H and O–H groups in total. The monoisotopic (exact) mass is 289 g/mol. The van der Waals surface area contributed by atoms with Crippen LogP contribution in [0.3, 0.4) is 0 Å². The van der Waals surface area contributed by atoms with Gasteiger partial charge < -0.3 is 10.1 Å². The van der Waals surface area contributed by atoms with Gasteiger partial charge in [-0.05, 0) is 24.6 Å². The number of halogens is 1. The zero-order valence-electron chi connectivity index (χ0n) is 11.5. The Balaban J connectivity index is 2.09. The van der Waals surface area contributed by atoms with Gasteiger partial charge >= 0.3 is 0 Å². The van der Waals surface area contributed by atoms with Crippen molar-refractivity contribution in [3.05, 3.63) is 51.9 Å². The maximum Gasteiger partial charge on any atom is 0.135 e. The normalized spacial score (nSPS) is 17.6. The van der Waals surface area contributed by atoms with Crippen molar-refractivity contribution in [1.82, 2.24) is 9.97 Å². The third-order valence-corrected chi connectivity index (χ3v) is 3.77. The summed E-state index contributed by atoms with van der Waals surface area (Å²) in [7, 11) is 1.87. The molecule has 3 rings (SSSR count). The van der Waals surface area contributed by atoms with E-state index in [4.69, 9.17) is 16.3 Å². The fourth-order valence-electron chi connectivity index (χ4n) is 2.56. The minimum Gasteiger partial charge on any atom is -0.376 e. The Morgan fingerprint density at radius 1 is 1.25 bits per heavy atom. The van der Waals surface area contributed by atoms with E-state index >= 15 is 0 Å². The van der Waals surface area contributed by atoms with Crippen molar-refractivity contribution in [3.63, 3.8) is 0 Å². The lowest BCUT2D eigenvalue weighted by atomic mass is 9.91. The number of rotatable bonds is 2. The average molecular weight is 290 g/mol. The Morgan fingerprint density at radius 3 is 2.70 bits per heavy atom. The smallest absolute Gasteiger partial charge is 0.135 e. The van der Waals surface area contributed by atoms with E-state index in [0.29, 0.717) is 13.2 Å². The number of aromatic nitrogens is 2. The van der Waals surface area contributed by atoms with Crippen LogP contribution in [0.5, 0.6) is 0 Å². The van der Waals surface area contributed by atoms with E-state index in [1.165, 1.54) is 0 Å². The third-order valence-electron chi connectivity index (χ3n) is 3.52. The molecule has 1 aromatic heterocycles. The molecule has 2 aromatic rings. The van der Waals surface area contributed by atoms with Crippen LogP contribution in [-0.4, -0.2) is 23.6 Å². The van der Waals surface area contributed by atoms with E-state index in [0.717, 1.165) is 33.5 Å². The molecule has 0 aliphatic carbocycles. The molecule has 0 bridgehead atoms. The van der Waals surface area contributed by atoms with Crippen LogP contribution < -0.4 is 5.32 Å². The van der Waals surface area contributed by atoms with Gasteiger partial charge in [0.1, 0.15) is 11.6 Å². The van der Waals surface area contributed by atoms with Gasteiger partial charge in [-0.2, -0.15) is 0 Å². The molecular weight excluding hydrogens is 274 g/mol. The van der Waals surface area contributed by atoms with E-state index in [9.17, 15) is 0 Å². The maximum absolute atomic E-state index is 5.96. The zero-order chi connectivity index (χ0) is 14.1. The maximum atomic E-state index is 5.96. The van der Waals surface area contributed by atoms with Crippen LogP contribution in [0.25, 0.3) is 0 Å². The first-order chi connectivity index (χ1) is 9.69. The van der Waals surface area contributed by atoms with Gasteiger partial charge in [0.2, 0.25) is 0 Å². The number of nitrogens with one attached hydrogen (secondary N) is 1. The van der Waals surface area contributed by atoms with Gasteiger partial charge in [0.25, 0.3) is 0 Å². The lowest BCUT2D eigenvalue weighted by Crippen LogP contribution is -2.22. The van der Waals surface area contributed by atoms with Gasteiger partial charge in [0.05, 0.1) is 24.8 Å². The van der Waals surface area contributed by atoms with Crippen LogP contribution >= 0.6 is 11.6 Å². The van der Waals surface area contributed by atoms with Crippen molar-refractivity contribution >= 4 is 17.4 Å².